The topological polar surface area (TPSA) is 123 Å². The van der Waals surface area contributed by atoms with E-state index in [9.17, 15) is 23.1 Å². The molecule has 0 aromatic carbocycles. The van der Waals surface area contributed by atoms with E-state index in [1.54, 1.807) is 20.8 Å². The maximum atomic E-state index is 11.7. The van der Waals surface area contributed by atoms with Gasteiger partial charge in [-0.3, -0.25) is 4.18 Å². The Bertz CT molecular complexity index is 696. The summed E-state index contributed by atoms with van der Waals surface area (Å²) in [7, 11) is -3.47. The molecule has 2 fully saturated rings. The summed E-state index contributed by atoms with van der Waals surface area (Å²) in [6.07, 6.45) is 0.556. The summed E-state index contributed by atoms with van der Waals surface area (Å²) in [4.78, 5) is 26.1. The number of aliphatic hydroxyl groups excluding tert-OH is 1. The van der Waals surface area contributed by atoms with Crippen molar-refractivity contribution < 1.29 is 36.8 Å². The van der Waals surface area contributed by atoms with Crippen LogP contribution in [0.1, 0.15) is 54.4 Å². The average Bonchev–Trinajstić information content (AvgIpc) is 3.12. The highest BCUT2D eigenvalue weighted by Crippen LogP contribution is 2.18. The van der Waals surface area contributed by atoms with Crippen molar-refractivity contribution in [1.82, 2.24) is 9.80 Å². The van der Waals surface area contributed by atoms with Crippen LogP contribution >= 0.6 is 0 Å². The van der Waals surface area contributed by atoms with Crippen LogP contribution in [-0.2, 0) is 23.8 Å². The van der Waals surface area contributed by atoms with Crippen molar-refractivity contribution in [2.75, 3.05) is 32.4 Å². The quantitative estimate of drug-likeness (QED) is 0.631. The number of amides is 2. The number of β-amino-alcohol motifs (C(OH)–C–C–N with tert-alkyl or cyclic N) is 1. The lowest BCUT2D eigenvalue weighted by Gasteiger charge is -2.24. The number of carbonyl (C=O) groups excluding carboxylic acids is 2. The van der Waals surface area contributed by atoms with Gasteiger partial charge in [0.05, 0.1) is 25.0 Å². The van der Waals surface area contributed by atoms with E-state index in [1.165, 1.54) is 9.80 Å². The molecule has 0 aliphatic carbocycles. The Morgan fingerprint density at radius 2 is 1.30 bits per heavy atom. The van der Waals surface area contributed by atoms with E-state index < -0.39 is 33.5 Å². The Kier molecular flexibility index (Phi) is 8.94. The van der Waals surface area contributed by atoms with Gasteiger partial charge in [0.2, 0.25) is 0 Å². The van der Waals surface area contributed by atoms with Crippen LogP contribution in [-0.4, -0.2) is 91.4 Å². The SMILES string of the molecule is CC(C)(C)OC(=O)N1CCC(O)C1.CC(C)(C)OC(=O)N1CCC(OS(C)(=O)=O)C1. The minimum absolute atomic E-state index is 0.252. The van der Waals surface area contributed by atoms with Crippen LogP contribution < -0.4 is 0 Å². The molecule has 2 rings (SSSR count). The predicted octanol–water partition coefficient (Wildman–Crippen LogP) is 1.96. The van der Waals surface area contributed by atoms with Gasteiger partial charge in [0.1, 0.15) is 11.2 Å². The normalized spacial score (nSPS) is 22.4. The average molecular weight is 453 g/mol. The van der Waals surface area contributed by atoms with Gasteiger partial charge in [-0.15, -0.1) is 0 Å². The van der Waals surface area contributed by atoms with E-state index in [1.807, 2.05) is 20.8 Å². The van der Waals surface area contributed by atoms with Crippen LogP contribution in [0.25, 0.3) is 0 Å². The van der Waals surface area contributed by atoms with Crippen molar-refractivity contribution in [3.05, 3.63) is 0 Å². The van der Waals surface area contributed by atoms with Crippen molar-refractivity contribution >= 4 is 22.3 Å². The predicted molar refractivity (Wildman–Crippen MR) is 111 cm³/mol. The van der Waals surface area contributed by atoms with Crippen molar-refractivity contribution in [3.8, 4) is 0 Å². The van der Waals surface area contributed by atoms with E-state index >= 15 is 0 Å². The van der Waals surface area contributed by atoms with E-state index in [2.05, 4.69) is 0 Å². The first kappa shape index (κ1) is 26.4. The van der Waals surface area contributed by atoms with Gasteiger partial charge >= 0.3 is 12.2 Å². The second-order valence-corrected chi connectivity index (χ2v) is 11.1. The molecule has 2 aliphatic heterocycles. The second-order valence-electron chi connectivity index (χ2n) is 9.51. The summed E-state index contributed by atoms with van der Waals surface area (Å²) >= 11 is 0. The van der Waals surface area contributed by atoms with E-state index in [4.69, 9.17) is 13.7 Å². The van der Waals surface area contributed by atoms with Crippen LogP contribution in [0, 0.1) is 0 Å². The maximum Gasteiger partial charge on any atom is 0.410 e. The summed E-state index contributed by atoms with van der Waals surface area (Å²) in [5.74, 6) is 0. The Labute approximate surface area is 179 Å². The molecule has 1 N–H and O–H groups in total. The van der Waals surface area contributed by atoms with Crippen molar-refractivity contribution in [3.63, 3.8) is 0 Å². The molecule has 2 aliphatic rings. The molecule has 2 unspecified atom stereocenters. The molecule has 11 heteroatoms. The highest BCUT2D eigenvalue weighted by molar-refractivity contribution is 7.86. The fourth-order valence-corrected chi connectivity index (χ4v) is 3.43. The third-order valence-corrected chi connectivity index (χ3v) is 4.54. The number of nitrogens with zero attached hydrogens (tertiary/aromatic N) is 2. The van der Waals surface area contributed by atoms with Crippen LogP contribution in [0.3, 0.4) is 0 Å². The maximum absolute atomic E-state index is 11.7. The first-order valence-electron chi connectivity index (χ1n) is 9.97. The highest BCUT2D eigenvalue weighted by atomic mass is 32.2. The molecular formula is C19H36N2O8S. The number of carbonyl (C=O) groups is 2. The second kappa shape index (κ2) is 10.1. The Morgan fingerprint density at radius 1 is 0.867 bits per heavy atom. The summed E-state index contributed by atoms with van der Waals surface area (Å²) in [6.45, 7) is 12.5. The number of hydrogen-bond acceptors (Lipinski definition) is 8. The molecule has 176 valence electrons. The van der Waals surface area contributed by atoms with Gasteiger partial charge in [0.25, 0.3) is 10.1 Å². The standard InChI is InChI=1S/C10H19NO5S.C9H17NO3/c1-10(2,3)15-9(12)11-6-5-8(7-11)16-17(4,13)14;1-9(2,3)13-8(12)10-5-4-7(11)6-10/h8H,5-7H2,1-4H3;7,11H,4-6H2,1-3H3. The molecule has 2 saturated heterocycles. The molecule has 10 nitrogen and oxygen atoms in total. The summed E-state index contributed by atoms with van der Waals surface area (Å²) in [5, 5.41) is 9.20. The molecule has 0 radical (unpaired) electrons. The molecule has 0 saturated carbocycles. The lowest BCUT2D eigenvalue weighted by Crippen LogP contribution is -2.36. The summed E-state index contributed by atoms with van der Waals surface area (Å²) in [5.41, 5.74) is -1.00. The smallest absolute Gasteiger partial charge is 0.410 e. The zero-order valence-corrected chi connectivity index (χ0v) is 19.8. The number of hydrogen-bond donors (Lipinski definition) is 1. The fraction of sp³-hybridized carbons (Fsp3) is 0.895. The Morgan fingerprint density at radius 3 is 1.67 bits per heavy atom. The monoisotopic (exact) mass is 452 g/mol. The van der Waals surface area contributed by atoms with Crippen molar-refractivity contribution in [1.29, 1.82) is 0 Å². The molecule has 0 bridgehead atoms. The van der Waals surface area contributed by atoms with E-state index in [0.29, 0.717) is 32.5 Å². The molecule has 2 heterocycles. The van der Waals surface area contributed by atoms with E-state index in [0.717, 1.165) is 6.26 Å². The number of ether oxygens (including phenoxy) is 2. The molecule has 0 aromatic rings. The van der Waals surface area contributed by atoms with E-state index in [-0.39, 0.29) is 18.7 Å². The van der Waals surface area contributed by atoms with Crippen molar-refractivity contribution in [2.24, 2.45) is 0 Å². The largest absolute Gasteiger partial charge is 0.444 e. The molecular weight excluding hydrogens is 416 g/mol. The number of likely N-dealkylation sites (tertiary alicyclic amines) is 2. The minimum atomic E-state index is -3.47. The van der Waals surface area contributed by atoms with Crippen LogP contribution in [0.4, 0.5) is 9.59 Å². The molecule has 2 amide bonds. The van der Waals surface area contributed by atoms with Crippen LogP contribution in [0.15, 0.2) is 0 Å². The summed E-state index contributed by atoms with van der Waals surface area (Å²) in [6, 6.07) is 0. The number of rotatable bonds is 2. The first-order valence-corrected chi connectivity index (χ1v) is 11.8. The molecule has 2 atom stereocenters. The van der Waals surface area contributed by atoms with Crippen LogP contribution in [0.2, 0.25) is 0 Å². The Hall–Kier alpha value is -1.59. The van der Waals surface area contributed by atoms with Gasteiger partial charge in [0.15, 0.2) is 0 Å². The minimum Gasteiger partial charge on any atom is -0.444 e. The highest BCUT2D eigenvalue weighted by Gasteiger charge is 2.32. The molecule has 0 aromatic heterocycles. The third kappa shape index (κ3) is 11.0. The molecule has 30 heavy (non-hydrogen) atoms. The first-order chi connectivity index (χ1) is 13.5. The van der Waals surface area contributed by atoms with Gasteiger partial charge in [-0.1, -0.05) is 0 Å². The van der Waals surface area contributed by atoms with Crippen molar-refractivity contribution in [2.45, 2.75) is 77.8 Å². The fourth-order valence-electron chi connectivity index (χ4n) is 2.78. The van der Waals surface area contributed by atoms with Gasteiger partial charge in [-0.2, -0.15) is 8.42 Å². The lowest BCUT2D eigenvalue weighted by atomic mass is 10.2. The van der Waals surface area contributed by atoms with Gasteiger partial charge in [-0.25, -0.2) is 9.59 Å². The zero-order valence-electron chi connectivity index (χ0n) is 19.0. The van der Waals surface area contributed by atoms with Gasteiger partial charge in [0, 0.05) is 19.6 Å². The summed E-state index contributed by atoms with van der Waals surface area (Å²) < 4.78 is 37.0. The Balaban J connectivity index is 0.000000311. The lowest BCUT2D eigenvalue weighted by molar-refractivity contribution is 0.0263. The zero-order chi connectivity index (χ0) is 23.3. The van der Waals surface area contributed by atoms with Crippen LogP contribution in [0.5, 0.6) is 0 Å². The third-order valence-electron chi connectivity index (χ3n) is 3.92. The molecule has 0 spiro atoms. The van der Waals surface area contributed by atoms with Gasteiger partial charge < -0.3 is 24.4 Å². The number of aliphatic hydroxyl groups is 1. The van der Waals surface area contributed by atoms with Gasteiger partial charge in [-0.05, 0) is 54.4 Å².